The Morgan fingerprint density at radius 2 is 2.17 bits per heavy atom. The van der Waals surface area contributed by atoms with Crippen LogP contribution < -0.4 is 5.32 Å². The maximum Gasteiger partial charge on any atom is 0.217 e. The molecule has 1 aliphatic heterocycles. The van der Waals surface area contributed by atoms with Gasteiger partial charge in [-0.05, 0) is 18.3 Å². The van der Waals surface area contributed by atoms with Crippen molar-refractivity contribution in [1.82, 2.24) is 5.32 Å². The number of ether oxygens (including phenoxy) is 1. The van der Waals surface area contributed by atoms with Crippen molar-refractivity contribution in [2.24, 2.45) is 16.8 Å². The second-order valence-electron chi connectivity index (χ2n) is 5.63. The lowest BCUT2D eigenvalue weighted by molar-refractivity contribution is -0.119. The van der Waals surface area contributed by atoms with E-state index in [-0.39, 0.29) is 18.0 Å². The molecule has 1 heterocycles. The maximum atomic E-state index is 11.3. The molecule has 18 heavy (non-hydrogen) atoms. The molecule has 1 rings (SSSR count). The van der Waals surface area contributed by atoms with Gasteiger partial charge in [-0.1, -0.05) is 34.1 Å². The van der Waals surface area contributed by atoms with Crippen LogP contribution in [0.25, 0.3) is 0 Å². The summed E-state index contributed by atoms with van der Waals surface area (Å²) in [5, 5.41) is 2.95. The number of nitrogens with one attached hydrogen (secondary N) is 1. The highest BCUT2D eigenvalue weighted by atomic mass is 16.5. The second kappa shape index (κ2) is 6.76. The highest BCUT2D eigenvalue weighted by Gasteiger charge is 2.30. The van der Waals surface area contributed by atoms with E-state index in [1.54, 1.807) is 0 Å². The first kappa shape index (κ1) is 15.0. The molecule has 0 fully saturated rings. The van der Waals surface area contributed by atoms with Gasteiger partial charge in [-0.15, -0.1) is 0 Å². The standard InChI is InChI=1S/C14H26N2O2/c1-6-10(4)13(15-11(5)17)14-16-12(8-18-14)7-9(2)3/h9-10,12-13H,6-8H2,1-5H3,(H,15,17)/t10?,12-,13?/m0/s1. The number of rotatable bonds is 6. The predicted molar refractivity (Wildman–Crippen MR) is 73.7 cm³/mol. The van der Waals surface area contributed by atoms with Crippen LogP contribution in [0.1, 0.15) is 47.5 Å². The summed E-state index contributed by atoms with van der Waals surface area (Å²) in [6.07, 6.45) is 2.03. The maximum absolute atomic E-state index is 11.3. The topological polar surface area (TPSA) is 50.7 Å². The summed E-state index contributed by atoms with van der Waals surface area (Å²) in [6, 6.07) is 0.171. The van der Waals surface area contributed by atoms with Crippen LogP contribution in [0.2, 0.25) is 0 Å². The van der Waals surface area contributed by atoms with Crippen molar-refractivity contribution in [3.05, 3.63) is 0 Å². The fourth-order valence-corrected chi connectivity index (χ4v) is 2.17. The number of aliphatic imine (C=N–C) groups is 1. The molecule has 0 radical (unpaired) electrons. The molecule has 0 bridgehead atoms. The molecule has 0 aromatic carbocycles. The minimum atomic E-state index is -0.0790. The Kier molecular flexibility index (Phi) is 5.63. The number of hydrogen-bond donors (Lipinski definition) is 1. The molecule has 0 aliphatic carbocycles. The fraction of sp³-hybridized carbons (Fsp3) is 0.857. The van der Waals surface area contributed by atoms with Crippen LogP contribution in [0.3, 0.4) is 0 Å². The SMILES string of the molecule is CCC(C)C(NC(C)=O)C1=N[C@@H](CC(C)C)CO1. The van der Waals surface area contributed by atoms with Gasteiger partial charge in [0.05, 0.1) is 6.04 Å². The molecular weight excluding hydrogens is 228 g/mol. The first-order valence-electron chi connectivity index (χ1n) is 6.91. The molecule has 4 nitrogen and oxygen atoms in total. The van der Waals surface area contributed by atoms with E-state index in [0.717, 1.165) is 12.8 Å². The first-order valence-corrected chi connectivity index (χ1v) is 6.91. The molecule has 1 amide bonds. The molecule has 4 heteroatoms. The normalized spacial score (nSPS) is 22.3. The van der Waals surface area contributed by atoms with Crippen molar-refractivity contribution in [1.29, 1.82) is 0 Å². The lowest BCUT2D eigenvalue weighted by atomic mass is 9.99. The van der Waals surface area contributed by atoms with Crippen LogP contribution in [0.4, 0.5) is 0 Å². The largest absolute Gasteiger partial charge is 0.477 e. The Bertz CT molecular complexity index is 313. The lowest BCUT2D eigenvalue weighted by Crippen LogP contribution is -2.44. The van der Waals surface area contributed by atoms with E-state index in [1.807, 2.05) is 0 Å². The number of carbonyl (C=O) groups is 1. The second-order valence-corrected chi connectivity index (χ2v) is 5.63. The zero-order valence-corrected chi connectivity index (χ0v) is 12.2. The molecule has 1 N–H and O–H groups in total. The van der Waals surface area contributed by atoms with Crippen LogP contribution in [0, 0.1) is 11.8 Å². The van der Waals surface area contributed by atoms with Crippen LogP contribution in [-0.4, -0.2) is 30.5 Å². The van der Waals surface area contributed by atoms with Crippen molar-refractivity contribution in [2.45, 2.75) is 59.5 Å². The van der Waals surface area contributed by atoms with Crippen molar-refractivity contribution in [3.8, 4) is 0 Å². The molecule has 104 valence electrons. The summed E-state index contributed by atoms with van der Waals surface area (Å²) in [6.45, 7) is 10.8. The predicted octanol–water partition coefficient (Wildman–Crippen LogP) is 2.38. The quantitative estimate of drug-likeness (QED) is 0.791. The van der Waals surface area contributed by atoms with Crippen molar-refractivity contribution < 1.29 is 9.53 Å². The zero-order valence-electron chi connectivity index (χ0n) is 12.2. The first-order chi connectivity index (χ1) is 8.43. The van der Waals surface area contributed by atoms with Crippen molar-refractivity contribution >= 4 is 11.8 Å². The van der Waals surface area contributed by atoms with Gasteiger partial charge in [0, 0.05) is 6.92 Å². The highest BCUT2D eigenvalue weighted by molar-refractivity contribution is 5.88. The van der Waals surface area contributed by atoms with Gasteiger partial charge in [0.2, 0.25) is 11.8 Å². The van der Waals surface area contributed by atoms with E-state index in [9.17, 15) is 4.79 Å². The minimum absolute atomic E-state index is 0.0288. The third kappa shape index (κ3) is 4.31. The summed E-state index contributed by atoms with van der Waals surface area (Å²) < 4.78 is 5.69. The van der Waals surface area contributed by atoms with E-state index < -0.39 is 0 Å². The summed E-state index contributed by atoms with van der Waals surface area (Å²) in [4.78, 5) is 15.9. The molecule has 0 aromatic rings. The molecule has 1 aliphatic rings. The smallest absolute Gasteiger partial charge is 0.217 e. The van der Waals surface area contributed by atoms with Gasteiger partial charge in [0.15, 0.2) is 0 Å². The van der Waals surface area contributed by atoms with Crippen LogP contribution >= 0.6 is 0 Å². The molecule has 0 saturated carbocycles. The monoisotopic (exact) mass is 254 g/mol. The lowest BCUT2D eigenvalue weighted by Gasteiger charge is -2.22. The van der Waals surface area contributed by atoms with E-state index in [2.05, 4.69) is 38.0 Å². The summed E-state index contributed by atoms with van der Waals surface area (Å²) in [5.74, 6) is 1.64. The number of hydrogen-bond acceptors (Lipinski definition) is 3. The summed E-state index contributed by atoms with van der Waals surface area (Å²) >= 11 is 0. The highest BCUT2D eigenvalue weighted by Crippen LogP contribution is 2.19. The van der Waals surface area contributed by atoms with E-state index in [1.165, 1.54) is 6.92 Å². The molecule has 0 spiro atoms. The Morgan fingerprint density at radius 3 is 2.67 bits per heavy atom. The summed E-state index contributed by atoms with van der Waals surface area (Å²) in [5.41, 5.74) is 0. The minimum Gasteiger partial charge on any atom is -0.477 e. The average Bonchev–Trinajstić information content (AvgIpc) is 2.72. The molecule has 0 saturated heterocycles. The van der Waals surface area contributed by atoms with Gasteiger partial charge in [0.25, 0.3) is 0 Å². The average molecular weight is 254 g/mol. The fourth-order valence-electron chi connectivity index (χ4n) is 2.17. The molecule has 3 atom stereocenters. The van der Waals surface area contributed by atoms with E-state index >= 15 is 0 Å². The van der Waals surface area contributed by atoms with Gasteiger partial charge < -0.3 is 10.1 Å². The Morgan fingerprint density at radius 1 is 1.50 bits per heavy atom. The Labute approximate surface area is 110 Å². The van der Waals surface area contributed by atoms with Gasteiger partial charge in [-0.2, -0.15) is 0 Å². The van der Waals surface area contributed by atoms with Crippen molar-refractivity contribution in [2.75, 3.05) is 6.61 Å². The molecular formula is C14H26N2O2. The van der Waals surface area contributed by atoms with Gasteiger partial charge in [-0.3, -0.25) is 4.79 Å². The Balaban J connectivity index is 2.71. The zero-order chi connectivity index (χ0) is 13.7. The van der Waals surface area contributed by atoms with E-state index in [4.69, 9.17) is 4.74 Å². The summed E-state index contributed by atoms with van der Waals surface area (Å²) in [7, 11) is 0. The Hall–Kier alpha value is -1.06. The molecule has 2 unspecified atom stereocenters. The van der Waals surface area contributed by atoms with Gasteiger partial charge in [0.1, 0.15) is 12.6 Å². The van der Waals surface area contributed by atoms with Gasteiger partial charge >= 0.3 is 0 Å². The van der Waals surface area contributed by atoms with Crippen LogP contribution in [0.5, 0.6) is 0 Å². The van der Waals surface area contributed by atoms with Crippen LogP contribution in [0.15, 0.2) is 4.99 Å². The number of amides is 1. The van der Waals surface area contributed by atoms with Crippen LogP contribution in [-0.2, 0) is 9.53 Å². The number of carbonyl (C=O) groups excluding carboxylic acids is 1. The third-order valence-corrected chi connectivity index (χ3v) is 3.31. The van der Waals surface area contributed by atoms with E-state index in [0.29, 0.717) is 24.3 Å². The number of nitrogens with zero attached hydrogens (tertiary/aromatic N) is 1. The molecule has 0 aromatic heterocycles. The third-order valence-electron chi connectivity index (χ3n) is 3.31. The van der Waals surface area contributed by atoms with Gasteiger partial charge in [-0.25, -0.2) is 4.99 Å². The van der Waals surface area contributed by atoms with Crippen molar-refractivity contribution in [3.63, 3.8) is 0 Å².